The van der Waals surface area contributed by atoms with Crippen LogP contribution in [-0.4, -0.2) is 41.8 Å². The van der Waals surface area contributed by atoms with Gasteiger partial charge in [-0.2, -0.15) is 5.26 Å². The predicted molar refractivity (Wildman–Crippen MR) is 89.1 cm³/mol. The summed E-state index contributed by atoms with van der Waals surface area (Å²) in [6.45, 7) is 1.05. The third kappa shape index (κ3) is 3.13. The van der Waals surface area contributed by atoms with Gasteiger partial charge in [-0.05, 0) is 30.0 Å². The van der Waals surface area contributed by atoms with Crippen molar-refractivity contribution < 1.29 is 9.59 Å². The number of pyridine rings is 1. The van der Waals surface area contributed by atoms with Gasteiger partial charge in [0.1, 0.15) is 5.82 Å². The molecule has 1 saturated heterocycles. The molecular weight excluding hydrogens is 306 g/mol. The van der Waals surface area contributed by atoms with Crippen molar-refractivity contribution in [3.63, 3.8) is 0 Å². The minimum absolute atomic E-state index is 0.137. The van der Waals surface area contributed by atoms with Gasteiger partial charge in [-0.25, -0.2) is 4.98 Å². The van der Waals surface area contributed by atoms with Crippen molar-refractivity contribution in [2.45, 2.75) is 6.42 Å². The van der Waals surface area contributed by atoms with Crippen LogP contribution in [0.2, 0.25) is 0 Å². The number of amides is 2. The lowest BCUT2D eigenvalue weighted by Gasteiger charge is -2.11. The van der Waals surface area contributed by atoms with Gasteiger partial charge in [0.15, 0.2) is 6.19 Å². The Morgan fingerprint density at radius 3 is 2.88 bits per heavy atom. The lowest BCUT2D eigenvalue weighted by atomic mass is 10.1. The fourth-order valence-corrected chi connectivity index (χ4v) is 2.79. The summed E-state index contributed by atoms with van der Waals surface area (Å²) in [5, 5.41) is 16.0. The largest absolute Gasteiger partial charge is 0.355 e. The molecule has 1 atom stereocenters. The highest BCUT2D eigenvalue weighted by Crippen LogP contribution is 2.21. The molecule has 1 aromatic carbocycles. The van der Waals surface area contributed by atoms with Crippen molar-refractivity contribution in [3.05, 3.63) is 36.0 Å². The Kier molecular flexibility index (Phi) is 4.29. The molecule has 1 aliphatic heterocycles. The molecule has 0 bridgehead atoms. The summed E-state index contributed by atoms with van der Waals surface area (Å²) >= 11 is 0. The zero-order valence-electron chi connectivity index (χ0n) is 13.2. The first-order valence-electron chi connectivity index (χ1n) is 7.68. The summed E-state index contributed by atoms with van der Waals surface area (Å²) in [5.41, 5.74) is 0.550. The van der Waals surface area contributed by atoms with Gasteiger partial charge in [0.2, 0.25) is 5.91 Å². The quantitative estimate of drug-likeness (QED) is 0.831. The fourth-order valence-electron chi connectivity index (χ4n) is 2.79. The van der Waals surface area contributed by atoms with Crippen LogP contribution in [0.1, 0.15) is 16.8 Å². The normalized spacial score (nSPS) is 16.7. The molecule has 122 valence electrons. The zero-order valence-corrected chi connectivity index (χ0v) is 13.2. The lowest BCUT2D eigenvalue weighted by molar-refractivity contribution is -0.119. The van der Waals surface area contributed by atoms with Gasteiger partial charge in [0.05, 0.1) is 5.92 Å². The van der Waals surface area contributed by atoms with E-state index in [4.69, 9.17) is 5.26 Å². The predicted octanol–water partition coefficient (Wildman–Crippen LogP) is 1.34. The Morgan fingerprint density at radius 2 is 2.17 bits per heavy atom. The summed E-state index contributed by atoms with van der Waals surface area (Å²) in [5.74, 6) is -0.0692. The standard InChI is InChI=1S/C17H17N5O2/c1-19-16(23)11-2-3-12-8-20-15(7-14(12)6-11)21-17(24)13-4-5-22(9-13)10-18/h2-3,6-8,13H,4-5,9H2,1H3,(H,19,23)(H,20,21,24). The Labute approximate surface area is 139 Å². The smallest absolute Gasteiger partial charge is 0.251 e. The molecule has 0 saturated carbocycles. The van der Waals surface area contributed by atoms with E-state index in [2.05, 4.69) is 21.8 Å². The number of carbonyl (C=O) groups excluding carboxylic acids is 2. The third-order valence-corrected chi connectivity index (χ3v) is 4.16. The highest BCUT2D eigenvalue weighted by molar-refractivity contribution is 5.99. The second-order valence-corrected chi connectivity index (χ2v) is 5.73. The number of anilines is 1. The van der Waals surface area contributed by atoms with Crippen molar-refractivity contribution in [3.8, 4) is 6.19 Å². The number of carbonyl (C=O) groups is 2. The van der Waals surface area contributed by atoms with E-state index in [1.165, 1.54) is 0 Å². The van der Waals surface area contributed by atoms with Crippen molar-refractivity contribution in [1.82, 2.24) is 15.2 Å². The van der Waals surface area contributed by atoms with Crippen LogP contribution in [0.4, 0.5) is 5.82 Å². The molecule has 0 aliphatic carbocycles. The molecule has 1 aliphatic rings. The maximum absolute atomic E-state index is 12.3. The molecule has 7 nitrogen and oxygen atoms in total. The van der Waals surface area contributed by atoms with Crippen LogP contribution >= 0.6 is 0 Å². The number of benzene rings is 1. The lowest BCUT2D eigenvalue weighted by Crippen LogP contribution is -2.25. The third-order valence-electron chi connectivity index (χ3n) is 4.16. The molecule has 0 spiro atoms. The Morgan fingerprint density at radius 1 is 1.33 bits per heavy atom. The van der Waals surface area contributed by atoms with Crippen LogP contribution in [0.15, 0.2) is 30.5 Å². The first-order chi connectivity index (χ1) is 11.6. The minimum Gasteiger partial charge on any atom is -0.355 e. The van der Waals surface area contributed by atoms with Gasteiger partial charge in [0.25, 0.3) is 5.91 Å². The number of aromatic nitrogens is 1. The number of fused-ring (bicyclic) bond motifs is 1. The van der Waals surface area contributed by atoms with E-state index in [9.17, 15) is 9.59 Å². The van der Waals surface area contributed by atoms with Gasteiger partial charge < -0.3 is 15.5 Å². The van der Waals surface area contributed by atoms with E-state index < -0.39 is 0 Å². The molecule has 2 aromatic rings. The maximum Gasteiger partial charge on any atom is 0.251 e. The number of likely N-dealkylation sites (tertiary alicyclic amines) is 1. The van der Waals surface area contributed by atoms with Gasteiger partial charge in [-0.3, -0.25) is 9.59 Å². The van der Waals surface area contributed by atoms with Gasteiger partial charge in [0, 0.05) is 37.3 Å². The molecular formula is C17H17N5O2. The molecule has 3 rings (SSSR count). The Hall–Kier alpha value is -3.14. The Balaban J connectivity index is 1.79. The van der Waals surface area contributed by atoms with Crippen LogP contribution in [0.3, 0.4) is 0 Å². The number of hydrogen-bond acceptors (Lipinski definition) is 5. The second-order valence-electron chi connectivity index (χ2n) is 5.73. The second kappa shape index (κ2) is 6.54. The van der Waals surface area contributed by atoms with E-state index >= 15 is 0 Å². The molecule has 2 heterocycles. The molecule has 7 heteroatoms. The molecule has 1 aromatic heterocycles. The van der Waals surface area contributed by atoms with Crippen molar-refractivity contribution in [2.24, 2.45) is 5.92 Å². The van der Waals surface area contributed by atoms with Crippen LogP contribution in [0, 0.1) is 17.4 Å². The van der Waals surface area contributed by atoms with Crippen molar-refractivity contribution in [1.29, 1.82) is 5.26 Å². The number of nitrogens with zero attached hydrogens (tertiary/aromatic N) is 3. The van der Waals surface area contributed by atoms with Crippen LogP contribution in [-0.2, 0) is 4.79 Å². The van der Waals surface area contributed by atoms with Crippen molar-refractivity contribution >= 4 is 28.4 Å². The monoisotopic (exact) mass is 323 g/mol. The highest BCUT2D eigenvalue weighted by Gasteiger charge is 2.27. The van der Waals surface area contributed by atoms with E-state index in [1.807, 2.05) is 6.07 Å². The molecule has 0 radical (unpaired) electrons. The van der Waals surface area contributed by atoms with E-state index in [-0.39, 0.29) is 17.7 Å². The summed E-state index contributed by atoms with van der Waals surface area (Å²) in [6, 6.07) is 7.06. The summed E-state index contributed by atoms with van der Waals surface area (Å²) in [4.78, 5) is 29.8. The minimum atomic E-state index is -0.209. The van der Waals surface area contributed by atoms with Crippen molar-refractivity contribution in [2.75, 3.05) is 25.5 Å². The first kappa shape index (κ1) is 15.7. The highest BCUT2D eigenvalue weighted by atomic mass is 16.2. The van der Waals surface area contributed by atoms with E-state index in [0.717, 1.165) is 10.8 Å². The first-order valence-corrected chi connectivity index (χ1v) is 7.68. The van der Waals surface area contributed by atoms with Crippen LogP contribution in [0.25, 0.3) is 10.8 Å². The number of rotatable bonds is 3. The molecule has 24 heavy (non-hydrogen) atoms. The number of nitriles is 1. The molecule has 1 fully saturated rings. The molecule has 1 unspecified atom stereocenters. The van der Waals surface area contributed by atoms with E-state index in [1.54, 1.807) is 36.3 Å². The van der Waals surface area contributed by atoms with Gasteiger partial charge in [-0.1, -0.05) is 6.07 Å². The molecule has 2 N–H and O–H groups in total. The topological polar surface area (TPSA) is 98.1 Å². The van der Waals surface area contributed by atoms with E-state index in [0.29, 0.717) is 30.9 Å². The fraction of sp³-hybridized carbons (Fsp3) is 0.294. The SMILES string of the molecule is CNC(=O)c1ccc2cnc(NC(=O)C3CCN(C#N)C3)cc2c1. The average Bonchev–Trinajstić information content (AvgIpc) is 3.09. The zero-order chi connectivity index (χ0) is 17.1. The number of hydrogen-bond donors (Lipinski definition) is 2. The summed E-state index contributed by atoms with van der Waals surface area (Å²) in [7, 11) is 1.58. The molecule has 2 amide bonds. The van der Waals surface area contributed by atoms with Gasteiger partial charge in [-0.15, -0.1) is 0 Å². The maximum atomic E-state index is 12.3. The summed E-state index contributed by atoms with van der Waals surface area (Å²) in [6.07, 6.45) is 4.38. The number of nitrogens with one attached hydrogen (secondary N) is 2. The average molecular weight is 323 g/mol. The summed E-state index contributed by atoms with van der Waals surface area (Å²) < 4.78 is 0. The van der Waals surface area contributed by atoms with Crippen LogP contribution in [0.5, 0.6) is 0 Å². The van der Waals surface area contributed by atoms with Crippen LogP contribution < -0.4 is 10.6 Å². The van der Waals surface area contributed by atoms with Gasteiger partial charge >= 0.3 is 0 Å². The Bertz CT molecular complexity index is 842.